The summed E-state index contributed by atoms with van der Waals surface area (Å²) >= 11 is 0. The number of benzene rings is 2. The van der Waals surface area contributed by atoms with Crippen LogP contribution in [0.2, 0.25) is 0 Å². The molecule has 3 rings (SSSR count). The van der Waals surface area contributed by atoms with Gasteiger partial charge in [0.15, 0.2) is 11.5 Å². The first-order valence-electron chi connectivity index (χ1n) is 7.71. The van der Waals surface area contributed by atoms with Gasteiger partial charge in [0.25, 0.3) is 0 Å². The molecular weight excluding hydrogens is 359 g/mol. The molecule has 8 heteroatoms. The first-order chi connectivity index (χ1) is 12.5. The van der Waals surface area contributed by atoms with E-state index >= 15 is 0 Å². The molecule has 0 atom stereocenters. The fourth-order valence-corrected chi connectivity index (χ4v) is 3.03. The summed E-state index contributed by atoms with van der Waals surface area (Å²) in [5.41, 5.74) is 2.39. The van der Waals surface area contributed by atoms with Crippen LogP contribution in [0.3, 0.4) is 0 Å². The molecule has 26 heavy (non-hydrogen) atoms. The second-order valence-corrected chi connectivity index (χ2v) is 6.31. The first-order valence-corrected chi connectivity index (χ1v) is 8.88. The standard InChI is InChI=1S/C18H17FN2O4S/c1-24-17-8-14-13(5-6-20-16(14)9-18(17)25-2)11-3-4-12(15(19)7-11)10-21-26(22)23/h3-9,26H,10H2,1-2H3,(H,21,22,23). The van der Waals surface area contributed by atoms with E-state index in [1.165, 1.54) is 6.07 Å². The highest BCUT2D eigenvalue weighted by atomic mass is 32.2. The number of methoxy groups -OCH3 is 2. The number of fused-ring (bicyclic) bond motifs is 1. The summed E-state index contributed by atoms with van der Waals surface area (Å²) in [6, 6.07) is 10.0. The number of hydrogen-bond donors (Lipinski definition) is 2. The topological polar surface area (TPSA) is 77.5 Å². The van der Waals surface area contributed by atoms with E-state index in [0.29, 0.717) is 22.6 Å². The van der Waals surface area contributed by atoms with Crippen LogP contribution in [0.1, 0.15) is 5.56 Å². The molecular formula is C18H17FN2O4S. The first kappa shape index (κ1) is 18.1. The van der Waals surface area contributed by atoms with Gasteiger partial charge in [-0.1, -0.05) is 12.1 Å². The summed E-state index contributed by atoms with van der Waals surface area (Å²) in [4.78, 5) is 4.33. The number of rotatable bonds is 6. The molecule has 2 aromatic carbocycles. The molecule has 0 aliphatic carbocycles. The van der Waals surface area contributed by atoms with Gasteiger partial charge in [-0.2, -0.15) is 0 Å². The molecule has 136 valence electrons. The Labute approximate surface area is 151 Å². The van der Waals surface area contributed by atoms with E-state index in [1.54, 1.807) is 50.7 Å². The molecule has 0 radical (unpaired) electrons. The van der Waals surface area contributed by atoms with Crippen LogP contribution in [0.15, 0.2) is 42.6 Å². The number of thiol groups is 1. The van der Waals surface area contributed by atoms with Gasteiger partial charge in [-0.3, -0.25) is 4.98 Å². The van der Waals surface area contributed by atoms with Crippen LogP contribution in [0.4, 0.5) is 4.39 Å². The lowest BCUT2D eigenvalue weighted by molar-refractivity contribution is 0.356. The smallest absolute Gasteiger partial charge is 0.201 e. The van der Waals surface area contributed by atoms with E-state index in [0.717, 1.165) is 10.9 Å². The van der Waals surface area contributed by atoms with Gasteiger partial charge in [-0.25, -0.2) is 17.5 Å². The number of ether oxygens (including phenoxy) is 2. The van der Waals surface area contributed by atoms with E-state index < -0.39 is 16.7 Å². The predicted molar refractivity (Wildman–Crippen MR) is 97.4 cm³/mol. The zero-order valence-corrected chi connectivity index (χ0v) is 15.0. The highest BCUT2D eigenvalue weighted by Gasteiger charge is 2.12. The van der Waals surface area contributed by atoms with Crippen molar-refractivity contribution in [3.63, 3.8) is 0 Å². The molecule has 0 unspecified atom stereocenters. The van der Waals surface area contributed by atoms with Gasteiger partial charge in [0.2, 0.25) is 10.9 Å². The number of nitrogens with one attached hydrogen (secondary N) is 1. The molecule has 1 aromatic heterocycles. The number of aromatic nitrogens is 1. The van der Waals surface area contributed by atoms with Crippen molar-refractivity contribution < 1.29 is 22.3 Å². The van der Waals surface area contributed by atoms with Crippen LogP contribution in [-0.4, -0.2) is 27.6 Å². The fourth-order valence-electron chi connectivity index (χ4n) is 2.73. The molecule has 1 heterocycles. The fraction of sp³-hybridized carbons (Fsp3) is 0.167. The maximum atomic E-state index is 14.4. The third-order valence-electron chi connectivity index (χ3n) is 4.01. The van der Waals surface area contributed by atoms with Gasteiger partial charge < -0.3 is 9.47 Å². The number of nitrogens with zero attached hydrogens (tertiary/aromatic N) is 1. The zero-order chi connectivity index (χ0) is 18.7. The number of pyridine rings is 1. The minimum Gasteiger partial charge on any atom is -0.493 e. The lowest BCUT2D eigenvalue weighted by atomic mass is 9.99. The van der Waals surface area contributed by atoms with Crippen molar-refractivity contribution in [3.8, 4) is 22.6 Å². The minimum atomic E-state index is -2.77. The molecule has 0 saturated heterocycles. The Balaban J connectivity index is 2.09. The number of halogens is 1. The van der Waals surface area contributed by atoms with E-state index in [4.69, 9.17) is 9.47 Å². The molecule has 1 N–H and O–H groups in total. The van der Waals surface area contributed by atoms with Crippen molar-refractivity contribution in [2.75, 3.05) is 14.2 Å². The lowest BCUT2D eigenvalue weighted by Crippen LogP contribution is -2.11. The molecule has 0 bridgehead atoms. The Kier molecular flexibility index (Phi) is 5.34. The van der Waals surface area contributed by atoms with Crippen molar-refractivity contribution in [1.29, 1.82) is 0 Å². The van der Waals surface area contributed by atoms with Crippen LogP contribution >= 0.6 is 0 Å². The van der Waals surface area contributed by atoms with Crippen molar-refractivity contribution >= 4 is 21.8 Å². The minimum absolute atomic E-state index is 0.0903. The van der Waals surface area contributed by atoms with Crippen LogP contribution in [0, 0.1) is 5.82 Å². The molecule has 0 aliphatic rings. The normalized spacial score (nSPS) is 11.1. The van der Waals surface area contributed by atoms with Crippen molar-refractivity contribution in [2.24, 2.45) is 0 Å². The summed E-state index contributed by atoms with van der Waals surface area (Å²) in [5, 5.41) is 0.790. The van der Waals surface area contributed by atoms with Gasteiger partial charge in [0.1, 0.15) is 5.82 Å². The van der Waals surface area contributed by atoms with Crippen LogP contribution < -0.4 is 14.2 Å². The third kappa shape index (κ3) is 3.61. The highest BCUT2D eigenvalue weighted by Crippen LogP contribution is 2.36. The maximum absolute atomic E-state index is 14.4. The van der Waals surface area contributed by atoms with Gasteiger partial charge in [-0.05, 0) is 29.3 Å². The Hall–Kier alpha value is -2.71. The Morgan fingerprint density at radius 2 is 1.81 bits per heavy atom. The van der Waals surface area contributed by atoms with Gasteiger partial charge in [0.05, 0.1) is 19.7 Å². The average Bonchev–Trinajstić information content (AvgIpc) is 2.65. The van der Waals surface area contributed by atoms with Crippen molar-refractivity contribution in [1.82, 2.24) is 9.71 Å². The molecule has 0 spiro atoms. The molecule has 0 amide bonds. The predicted octanol–water partition coefficient (Wildman–Crippen LogP) is 2.67. The Morgan fingerprint density at radius 1 is 1.08 bits per heavy atom. The summed E-state index contributed by atoms with van der Waals surface area (Å²) in [7, 11) is 0.318. The lowest BCUT2D eigenvalue weighted by Gasteiger charge is -2.12. The van der Waals surface area contributed by atoms with E-state index in [9.17, 15) is 12.8 Å². The monoisotopic (exact) mass is 376 g/mol. The third-order valence-corrected chi connectivity index (χ3v) is 4.43. The zero-order valence-electron chi connectivity index (χ0n) is 14.2. The SMILES string of the molecule is COc1cc2nccc(-c3ccc(CN[SH](=O)=O)c(F)c3)c2cc1OC. The van der Waals surface area contributed by atoms with Gasteiger partial charge in [0, 0.05) is 29.8 Å². The maximum Gasteiger partial charge on any atom is 0.201 e. The highest BCUT2D eigenvalue weighted by molar-refractivity contribution is 7.70. The summed E-state index contributed by atoms with van der Waals surface area (Å²) < 4.78 is 48.4. The molecule has 0 fully saturated rings. The van der Waals surface area contributed by atoms with Crippen molar-refractivity contribution in [2.45, 2.75) is 6.54 Å². The van der Waals surface area contributed by atoms with E-state index in [1.807, 2.05) is 0 Å². The van der Waals surface area contributed by atoms with Crippen molar-refractivity contribution in [3.05, 3.63) is 54.0 Å². The van der Waals surface area contributed by atoms with E-state index in [-0.39, 0.29) is 12.1 Å². The largest absolute Gasteiger partial charge is 0.493 e. The van der Waals surface area contributed by atoms with Gasteiger partial charge in [-0.15, -0.1) is 0 Å². The molecule has 0 aliphatic heterocycles. The second kappa shape index (κ2) is 7.67. The van der Waals surface area contributed by atoms with Crippen LogP contribution in [0.5, 0.6) is 11.5 Å². The molecule has 0 saturated carbocycles. The second-order valence-electron chi connectivity index (χ2n) is 5.48. The Morgan fingerprint density at radius 3 is 2.46 bits per heavy atom. The summed E-state index contributed by atoms with van der Waals surface area (Å²) in [5.74, 6) is 0.621. The summed E-state index contributed by atoms with van der Waals surface area (Å²) in [6.45, 7) is -0.0903. The average molecular weight is 376 g/mol. The molecule has 3 aromatic rings. The van der Waals surface area contributed by atoms with Gasteiger partial charge >= 0.3 is 0 Å². The quantitative estimate of drug-likeness (QED) is 0.647. The van der Waals surface area contributed by atoms with Crippen LogP contribution in [0.25, 0.3) is 22.0 Å². The summed E-state index contributed by atoms with van der Waals surface area (Å²) in [6.07, 6.45) is 1.64. The molecule has 6 nitrogen and oxygen atoms in total. The van der Waals surface area contributed by atoms with E-state index in [2.05, 4.69) is 9.71 Å². The Bertz CT molecular complexity index is 1030. The number of hydrogen-bond acceptors (Lipinski definition) is 5. The van der Waals surface area contributed by atoms with Crippen LogP contribution in [-0.2, 0) is 17.4 Å².